The minimum atomic E-state index is -1.29. The van der Waals surface area contributed by atoms with E-state index in [1.165, 1.54) is 7.11 Å². The molecule has 5 heterocycles. The molecule has 226 valence electrons. The van der Waals surface area contributed by atoms with Gasteiger partial charge in [0.25, 0.3) is 0 Å². The number of carbonyl (C=O) groups is 1. The molecular formula is C29H37FN6O6. The van der Waals surface area contributed by atoms with Crippen molar-refractivity contribution in [1.82, 2.24) is 24.6 Å². The second-order valence-corrected chi connectivity index (χ2v) is 11.1. The van der Waals surface area contributed by atoms with Crippen LogP contribution in [0, 0.1) is 6.92 Å². The highest BCUT2D eigenvalue weighted by Crippen LogP contribution is 2.35. The van der Waals surface area contributed by atoms with Crippen LogP contribution in [-0.2, 0) is 14.2 Å². The monoisotopic (exact) mass is 584 g/mol. The minimum Gasteiger partial charge on any atom is -0.467 e. The number of hydrogen-bond donors (Lipinski definition) is 1. The molecule has 3 atom stereocenters. The van der Waals surface area contributed by atoms with Crippen LogP contribution in [0.4, 0.5) is 15.0 Å². The largest absolute Gasteiger partial charge is 0.467 e. The summed E-state index contributed by atoms with van der Waals surface area (Å²) in [5.74, 6) is 0.830. The molecule has 3 aliphatic heterocycles. The Morgan fingerprint density at radius 2 is 1.90 bits per heavy atom. The van der Waals surface area contributed by atoms with Crippen LogP contribution >= 0.6 is 0 Å². The predicted octanol–water partition coefficient (Wildman–Crippen LogP) is 3.69. The molecule has 6 rings (SSSR count). The number of rotatable bonds is 9. The SMILES string of the molecule is COc1nc(N2CC(OCCOC3CCCCO3)C2)cc(-n2ncc3cc(C)c(C4CCN(C(=O)O)CC4F)cc32)n1. The number of aromatic nitrogens is 4. The smallest absolute Gasteiger partial charge is 0.407 e. The Kier molecular flexibility index (Phi) is 8.41. The van der Waals surface area contributed by atoms with Gasteiger partial charge >= 0.3 is 12.1 Å². The summed E-state index contributed by atoms with van der Waals surface area (Å²) in [6, 6.07) is 6.02. The highest BCUT2D eigenvalue weighted by Gasteiger charge is 2.34. The van der Waals surface area contributed by atoms with Crippen LogP contribution in [0.3, 0.4) is 0 Å². The fourth-order valence-corrected chi connectivity index (χ4v) is 5.95. The van der Waals surface area contributed by atoms with E-state index in [0.29, 0.717) is 50.9 Å². The first-order chi connectivity index (χ1) is 20.4. The fourth-order valence-electron chi connectivity index (χ4n) is 5.95. The third-order valence-corrected chi connectivity index (χ3v) is 8.30. The topological polar surface area (TPSA) is 124 Å². The molecule has 3 aliphatic rings. The molecule has 0 spiro atoms. The van der Waals surface area contributed by atoms with Crippen molar-refractivity contribution in [2.45, 2.75) is 57.1 Å². The highest BCUT2D eigenvalue weighted by atomic mass is 19.1. The van der Waals surface area contributed by atoms with Gasteiger partial charge in [-0.05, 0) is 55.9 Å². The van der Waals surface area contributed by atoms with E-state index in [9.17, 15) is 9.90 Å². The van der Waals surface area contributed by atoms with Crippen LogP contribution in [-0.4, -0.2) is 108 Å². The lowest BCUT2D eigenvalue weighted by atomic mass is 9.85. The molecule has 1 N–H and O–H groups in total. The molecule has 3 fully saturated rings. The Morgan fingerprint density at radius 3 is 2.64 bits per heavy atom. The molecular weight excluding hydrogens is 547 g/mol. The quantitative estimate of drug-likeness (QED) is 0.373. The number of benzene rings is 1. The number of amides is 1. The Hall–Kier alpha value is -3.55. The molecule has 0 saturated carbocycles. The average molecular weight is 585 g/mol. The lowest BCUT2D eigenvalue weighted by Gasteiger charge is -2.39. The average Bonchev–Trinajstić information content (AvgIpc) is 3.38. The maximum Gasteiger partial charge on any atom is 0.407 e. The highest BCUT2D eigenvalue weighted by molar-refractivity contribution is 5.82. The zero-order chi connectivity index (χ0) is 29.2. The summed E-state index contributed by atoms with van der Waals surface area (Å²) in [6.45, 7) is 5.24. The summed E-state index contributed by atoms with van der Waals surface area (Å²) >= 11 is 0. The number of hydrogen-bond acceptors (Lipinski definition) is 9. The van der Waals surface area contributed by atoms with Crippen molar-refractivity contribution < 1.29 is 33.2 Å². The molecule has 3 saturated heterocycles. The number of carboxylic acid groups (broad SMARTS) is 1. The van der Waals surface area contributed by atoms with Gasteiger partial charge in [-0.1, -0.05) is 0 Å². The van der Waals surface area contributed by atoms with Crippen molar-refractivity contribution in [1.29, 1.82) is 0 Å². The van der Waals surface area contributed by atoms with Crippen LogP contribution in [0.15, 0.2) is 24.4 Å². The van der Waals surface area contributed by atoms with Gasteiger partial charge in [0.15, 0.2) is 12.1 Å². The van der Waals surface area contributed by atoms with E-state index >= 15 is 4.39 Å². The van der Waals surface area contributed by atoms with Crippen molar-refractivity contribution in [2.75, 3.05) is 58.0 Å². The van der Waals surface area contributed by atoms with Crippen molar-refractivity contribution in [3.8, 4) is 11.8 Å². The van der Waals surface area contributed by atoms with E-state index in [1.807, 2.05) is 25.1 Å². The second kappa shape index (κ2) is 12.4. The molecule has 1 aromatic carbocycles. The first-order valence-electron chi connectivity index (χ1n) is 14.5. The molecule has 3 aromatic rings. The van der Waals surface area contributed by atoms with Gasteiger partial charge in [-0.15, -0.1) is 0 Å². The van der Waals surface area contributed by atoms with Crippen molar-refractivity contribution in [2.24, 2.45) is 0 Å². The third-order valence-electron chi connectivity index (χ3n) is 8.30. The fraction of sp³-hybridized carbons (Fsp3) is 0.586. The van der Waals surface area contributed by atoms with Gasteiger partial charge in [0.2, 0.25) is 0 Å². The van der Waals surface area contributed by atoms with Crippen LogP contribution in [0.25, 0.3) is 16.7 Å². The number of piperidine rings is 1. The molecule has 0 aliphatic carbocycles. The van der Waals surface area contributed by atoms with Gasteiger partial charge in [-0.3, -0.25) is 0 Å². The first kappa shape index (κ1) is 28.6. The van der Waals surface area contributed by atoms with E-state index in [-0.39, 0.29) is 24.9 Å². The molecule has 12 nitrogen and oxygen atoms in total. The van der Waals surface area contributed by atoms with E-state index in [2.05, 4.69) is 20.0 Å². The van der Waals surface area contributed by atoms with Crippen LogP contribution in [0.5, 0.6) is 6.01 Å². The van der Waals surface area contributed by atoms with Gasteiger partial charge in [-0.2, -0.15) is 15.1 Å². The third kappa shape index (κ3) is 5.99. The van der Waals surface area contributed by atoms with Crippen molar-refractivity contribution in [3.05, 3.63) is 35.5 Å². The lowest BCUT2D eigenvalue weighted by molar-refractivity contribution is -0.171. The van der Waals surface area contributed by atoms with Gasteiger partial charge in [-0.25, -0.2) is 13.9 Å². The summed E-state index contributed by atoms with van der Waals surface area (Å²) < 4.78 is 39.6. The number of likely N-dealkylation sites (tertiary alicyclic amines) is 1. The summed E-state index contributed by atoms with van der Waals surface area (Å²) in [7, 11) is 1.52. The van der Waals surface area contributed by atoms with Crippen LogP contribution in [0.2, 0.25) is 0 Å². The molecule has 0 bridgehead atoms. The minimum absolute atomic E-state index is 0.0718. The number of halogens is 1. The standard InChI is InChI=1S/C29H37FN6O6/c1-18-11-19-14-31-36(24(19)12-22(18)21-6-7-34(29(37)38)17-23(21)30)26-13-25(32-28(33-26)39-2)35-15-20(16-35)40-9-10-42-27-5-3-4-8-41-27/h11-14,20-21,23,27H,3-10,15-17H2,1-2H3,(H,37,38). The zero-order valence-corrected chi connectivity index (χ0v) is 23.9. The number of ether oxygens (including phenoxy) is 4. The Balaban J connectivity index is 1.15. The first-order valence-corrected chi connectivity index (χ1v) is 14.5. The normalized spacial score (nSPS) is 23.3. The Morgan fingerprint density at radius 1 is 1.10 bits per heavy atom. The summed E-state index contributed by atoms with van der Waals surface area (Å²) in [4.78, 5) is 23.7. The predicted molar refractivity (Wildman–Crippen MR) is 151 cm³/mol. The number of nitrogens with zero attached hydrogens (tertiary/aromatic N) is 6. The van der Waals surface area contributed by atoms with E-state index in [1.54, 1.807) is 10.9 Å². The van der Waals surface area contributed by atoms with Crippen LogP contribution < -0.4 is 9.64 Å². The maximum atomic E-state index is 15.2. The molecule has 0 radical (unpaired) electrons. The van der Waals surface area contributed by atoms with Gasteiger partial charge in [0.1, 0.15) is 12.0 Å². The van der Waals surface area contributed by atoms with Gasteiger partial charge in [0, 0.05) is 43.6 Å². The number of fused-ring (bicyclic) bond motifs is 1. The van der Waals surface area contributed by atoms with E-state index in [4.69, 9.17) is 18.9 Å². The number of aryl methyl sites for hydroxylation is 1. The van der Waals surface area contributed by atoms with Crippen molar-refractivity contribution in [3.63, 3.8) is 0 Å². The number of alkyl halides is 1. The van der Waals surface area contributed by atoms with Crippen LogP contribution in [0.1, 0.15) is 42.7 Å². The molecule has 3 unspecified atom stereocenters. The second-order valence-electron chi connectivity index (χ2n) is 11.1. The molecule has 2 aromatic heterocycles. The number of methoxy groups -OCH3 is 1. The Labute approximate surface area is 243 Å². The van der Waals surface area contributed by atoms with Gasteiger partial charge in [0.05, 0.1) is 44.7 Å². The summed E-state index contributed by atoms with van der Waals surface area (Å²) in [5.41, 5.74) is 2.58. The van der Waals surface area contributed by atoms with Gasteiger partial charge < -0.3 is 33.9 Å². The van der Waals surface area contributed by atoms with Crippen molar-refractivity contribution >= 4 is 22.8 Å². The number of anilines is 1. The molecule has 42 heavy (non-hydrogen) atoms. The lowest BCUT2D eigenvalue weighted by Crippen LogP contribution is -2.53. The summed E-state index contributed by atoms with van der Waals surface area (Å²) in [5, 5.41) is 14.8. The molecule has 13 heteroatoms. The summed E-state index contributed by atoms with van der Waals surface area (Å²) in [6.07, 6.45) is 2.91. The zero-order valence-electron chi connectivity index (χ0n) is 23.9. The molecule has 1 amide bonds. The Bertz CT molecular complexity index is 1410. The van der Waals surface area contributed by atoms with E-state index < -0.39 is 18.2 Å². The van der Waals surface area contributed by atoms with E-state index in [0.717, 1.165) is 52.8 Å². The maximum absolute atomic E-state index is 15.2.